The van der Waals surface area contributed by atoms with Gasteiger partial charge in [0.25, 0.3) is 11.8 Å². The topological polar surface area (TPSA) is 261 Å². The van der Waals surface area contributed by atoms with Crippen LogP contribution < -0.4 is 21.7 Å². The molecule has 1 aliphatic rings. The first kappa shape index (κ1) is 40.7. The van der Waals surface area contributed by atoms with Crippen LogP contribution in [-0.2, 0) is 44.2 Å². The fraction of sp³-hybridized carbons (Fsp3) is 0.516. The van der Waals surface area contributed by atoms with Crippen molar-refractivity contribution in [2.45, 2.75) is 78.2 Å². The van der Waals surface area contributed by atoms with Gasteiger partial charge in [-0.1, -0.05) is 52.0 Å². The minimum Gasteiger partial charge on any atom is -0.479 e. The average molecular weight is 710 g/mol. The molecular formula is C31H44N5O12P. The zero-order valence-corrected chi connectivity index (χ0v) is 28.6. The Morgan fingerprint density at radius 3 is 2.12 bits per heavy atom. The standard InChI is InChI=1S/C31H44N5O12P/c1-18(2)16-23(30(42)43)48-49(45,46)47-17-20-7-9-21(10-8-20)28(40)22(6-5-14-33-31(32)44)34-29(41)27(19(3)4)35-24(37)13-15-36-25(38)11-12-26(36)39/h7-12,18-19,22-23,27H,5-6,13-17H2,1-4H3,(H,34,41)(H,35,37)(H,42,43)(H,45,46)(H3,32,33,44)/t22-,23?,27-/m0/s1. The van der Waals surface area contributed by atoms with Crippen molar-refractivity contribution >= 4 is 49.2 Å². The lowest BCUT2D eigenvalue weighted by molar-refractivity contribution is -0.147. The Labute approximate surface area is 283 Å². The van der Waals surface area contributed by atoms with E-state index in [2.05, 4.69) is 16.0 Å². The molecule has 1 aromatic carbocycles. The van der Waals surface area contributed by atoms with Crippen LogP contribution in [-0.4, -0.2) is 87.6 Å². The first-order chi connectivity index (χ1) is 22.9. The Bertz CT molecular complexity index is 1440. The average Bonchev–Trinajstić information content (AvgIpc) is 3.34. The summed E-state index contributed by atoms with van der Waals surface area (Å²) in [5, 5.41) is 16.9. The lowest BCUT2D eigenvalue weighted by Gasteiger charge is -2.25. The van der Waals surface area contributed by atoms with Crippen molar-refractivity contribution in [3.63, 3.8) is 0 Å². The molecule has 270 valence electrons. The van der Waals surface area contributed by atoms with E-state index in [4.69, 9.17) is 14.8 Å². The normalized spacial score (nSPS) is 15.9. The Kier molecular flexibility index (Phi) is 15.7. The number of carbonyl (C=O) groups is 7. The third kappa shape index (κ3) is 13.9. The number of ketones is 1. The summed E-state index contributed by atoms with van der Waals surface area (Å²) in [6.45, 7) is 6.30. The number of carboxylic acids is 1. The summed E-state index contributed by atoms with van der Waals surface area (Å²) in [5.74, 6) is -4.82. The van der Waals surface area contributed by atoms with Crippen molar-refractivity contribution in [3.05, 3.63) is 47.5 Å². The van der Waals surface area contributed by atoms with Crippen LogP contribution in [0, 0.1) is 11.8 Å². The van der Waals surface area contributed by atoms with Crippen LogP contribution in [0.25, 0.3) is 0 Å². The third-order valence-electron chi connectivity index (χ3n) is 7.18. The van der Waals surface area contributed by atoms with Crippen LogP contribution in [0.2, 0.25) is 0 Å². The molecule has 17 nitrogen and oxygen atoms in total. The number of nitrogens with two attached hydrogens (primary N) is 1. The molecule has 0 fully saturated rings. The van der Waals surface area contributed by atoms with E-state index in [0.717, 1.165) is 17.1 Å². The molecule has 4 atom stereocenters. The Morgan fingerprint density at radius 2 is 1.59 bits per heavy atom. The quantitative estimate of drug-likeness (QED) is 0.0458. The van der Waals surface area contributed by atoms with Crippen LogP contribution in [0.1, 0.15) is 69.3 Å². The summed E-state index contributed by atoms with van der Waals surface area (Å²) >= 11 is 0. The number of nitrogens with one attached hydrogen (secondary N) is 3. The summed E-state index contributed by atoms with van der Waals surface area (Å²) in [5.41, 5.74) is 5.62. The van der Waals surface area contributed by atoms with E-state index in [1.54, 1.807) is 27.7 Å². The zero-order valence-electron chi connectivity index (χ0n) is 27.7. The van der Waals surface area contributed by atoms with Crippen molar-refractivity contribution in [1.82, 2.24) is 20.9 Å². The smallest absolute Gasteiger partial charge is 0.473 e. The summed E-state index contributed by atoms with van der Waals surface area (Å²) < 4.78 is 22.2. The lowest BCUT2D eigenvalue weighted by atomic mass is 9.97. The van der Waals surface area contributed by atoms with E-state index in [1.807, 2.05) is 0 Å². The SMILES string of the molecule is CC(C)CC(OP(=O)(O)OCc1ccc(C(=O)[C@H](CCCNC(N)=O)NC(=O)[C@@H](NC(=O)CCN2C(=O)C=CC2=O)C(C)C)cc1)C(=O)O. The van der Waals surface area contributed by atoms with Crippen LogP contribution in [0.15, 0.2) is 36.4 Å². The van der Waals surface area contributed by atoms with Crippen molar-refractivity contribution in [2.75, 3.05) is 13.1 Å². The van der Waals surface area contributed by atoms with E-state index < -0.39 is 79.9 Å². The van der Waals surface area contributed by atoms with Crippen molar-refractivity contribution in [3.8, 4) is 0 Å². The van der Waals surface area contributed by atoms with Crippen molar-refractivity contribution in [1.29, 1.82) is 0 Å². The maximum Gasteiger partial charge on any atom is 0.473 e. The number of phosphoric ester groups is 1. The molecule has 2 unspecified atom stereocenters. The molecule has 49 heavy (non-hydrogen) atoms. The molecule has 0 aliphatic carbocycles. The summed E-state index contributed by atoms with van der Waals surface area (Å²) in [7, 11) is -4.75. The molecule has 0 spiro atoms. The number of primary amides is 1. The van der Waals surface area contributed by atoms with Gasteiger partial charge in [-0.25, -0.2) is 14.2 Å². The van der Waals surface area contributed by atoms with E-state index in [-0.39, 0.29) is 50.3 Å². The number of rotatable bonds is 21. The number of hydrogen-bond donors (Lipinski definition) is 6. The lowest BCUT2D eigenvalue weighted by Crippen LogP contribution is -2.54. The first-order valence-corrected chi connectivity index (χ1v) is 17.1. The molecule has 6 amide bonds. The van der Waals surface area contributed by atoms with Gasteiger partial charge in [0.05, 0.1) is 12.6 Å². The molecule has 0 bridgehead atoms. The van der Waals surface area contributed by atoms with Gasteiger partial charge in [-0.15, -0.1) is 0 Å². The summed E-state index contributed by atoms with van der Waals surface area (Å²) in [4.78, 5) is 96.6. The van der Waals surface area contributed by atoms with E-state index in [9.17, 15) is 48.1 Å². The summed E-state index contributed by atoms with van der Waals surface area (Å²) in [6.07, 6.45) is 0.706. The van der Waals surface area contributed by atoms with Crippen LogP contribution in [0.3, 0.4) is 0 Å². The molecular weight excluding hydrogens is 665 g/mol. The van der Waals surface area contributed by atoms with Crippen molar-refractivity contribution in [2.24, 2.45) is 17.6 Å². The Morgan fingerprint density at radius 1 is 0.980 bits per heavy atom. The molecule has 18 heteroatoms. The molecule has 0 saturated carbocycles. The molecule has 0 aromatic heterocycles. The second-order valence-corrected chi connectivity index (χ2v) is 13.5. The van der Waals surface area contributed by atoms with Gasteiger partial charge in [-0.05, 0) is 36.7 Å². The highest BCUT2D eigenvalue weighted by atomic mass is 31.2. The number of amides is 6. The molecule has 0 radical (unpaired) electrons. The fourth-order valence-corrected chi connectivity index (χ4v) is 5.50. The van der Waals surface area contributed by atoms with Gasteiger partial charge < -0.3 is 31.7 Å². The van der Waals surface area contributed by atoms with Gasteiger partial charge in [0.15, 0.2) is 11.9 Å². The maximum absolute atomic E-state index is 13.6. The van der Waals surface area contributed by atoms with E-state index in [0.29, 0.717) is 5.56 Å². The van der Waals surface area contributed by atoms with Gasteiger partial charge in [0.1, 0.15) is 6.04 Å². The molecule has 7 N–H and O–H groups in total. The van der Waals surface area contributed by atoms with Gasteiger partial charge in [0.2, 0.25) is 11.8 Å². The number of aliphatic carboxylic acids is 1. The number of nitrogens with zero attached hydrogens (tertiary/aromatic N) is 1. The van der Waals surface area contributed by atoms with E-state index in [1.165, 1.54) is 24.3 Å². The monoisotopic (exact) mass is 709 g/mol. The van der Waals surface area contributed by atoms with Gasteiger partial charge in [-0.3, -0.25) is 37.9 Å². The number of benzene rings is 1. The Balaban J connectivity index is 2.11. The summed E-state index contributed by atoms with van der Waals surface area (Å²) in [6, 6.07) is 2.73. The van der Waals surface area contributed by atoms with Gasteiger partial charge in [-0.2, -0.15) is 0 Å². The van der Waals surface area contributed by atoms with E-state index >= 15 is 0 Å². The fourth-order valence-electron chi connectivity index (χ4n) is 4.62. The molecule has 1 aromatic rings. The molecule has 1 aliphatic heterocycles. The second kappa shape index (κ2) is 18.9. The second-order valence-electron chi connectivity index (χ2n) is 12.1. The number of urea groups is 1. The maximum atomic E-state index is 13.6. The van der Waals surface area contributed by atoms with Crippen molar-refractivity contribution < 1.29 is 57.2 Å². The molecule has 2 rings (SSSR count). The highest BCUT2D eigenvalue weighted by Crippen LogP contribution is 2.46. The molecule has 0 saturated heterocycles. The number of imide groups is 1. The molecule has 1 heterocycles. The number of carbonyl (C=O) groups excluding carboxylic acids is 6. The zero-order chi connectivity index (χ0) is 36.9. The predicted octanol–water partition coefficient (Wildman–Crippen LogP) is 1.39. The number of hydrogen-bond acceptors (Lipinski definition) is 10. The predicted molar refractivity (Wildman–Crippen MR) is 173 cm³/mol. The largest absolute Gasteiger partial charge is 0.479 e. The first-order valence-electron chi connectivity index (χ1n) is 15.6. The Hall–Kier alpha value is -4.44. The van der Waals surface area contributed by atoms with Crippen LogP contribution in [0.5, 0.6) is 0 Å². The number of carboxylic acid groups (broad SMARTS) is 1. The van der Waals surface area contributed by atoms with Gasteiger partial charge >= 0.3 is 19.8 Å². The number of Topliss-reactive ketones (excluding diaryl/α,β-unsaturated/α-hetero) is 1. The van der Waals surface area contributed by atoms with Crippen LogP contribution >= 0.6 is 7.82 Å². The van der Waals surface area contributed by atoms with Crippen LogP contribution in [0.4, 0.5) is 4.79 Å². The van der Waals surface area contributed by atoms with Gasteiger partial charge in [0, 0.05) is 37.2 Å². The number of phosphoric acid groups is 1. The highest BCUT2D eigenvalue weighted by Gasteiger charge is 2.33. The minimum atomic E-state index is -4.75. The highest BCUT2D eigenvalue weighted by molar-refractivity contribution is 7.47. The third-order valence-corrected chi connectivity index (χ3v) is 8.16. The minimum absolute atomic E-state index is 0.0123.